The maximum absolute atomic E-state index is 6.58. The molecule has 0 atom stereocenters. The molecule has 0 N–H and O–H groups in total. The highest BCUT2D eigenvalue weighted by Crippen LogP contribution is 2.38. The number of aryl methyl sites for hydroxylation is 3. The Morgan fingerprint density at radius 3 is 2.11 bits per heavy atom. The van der Waals surface area contributed by atoms with Crippen LogP contribution in [0.5, 0.6) is 17.2 Å². The average Bonchev–Trinajstić information content (AvgIpc) is 3.66. The van der Waals surface area contributed by atoms with Crippen LogP contribution < -0.4 is 9.47 Å². The van der Waals surface area contributed by atoms with Crippen molar-refractivity contribution >= 4 is 21.8 Å². The molecule has 0 spiro atoms. The second-order valence-electron chi connectivity index (χ2n) is 11.7. The quantitative estimate of drug-likeness (QED) is 0.153. The maximum atomic E-state index is 6.58. The molecule has 0 aliphatic carbocycles. The second kappa shape index (κ2) is 12.8. The molecule has 0 aliphatic heterocycles. The molecule has 47 heavy (non-hydrogen) atoms. The monoisotopic (exact) mass is 620 g/mol. The summed E-state index contributed by atoms with van der Waals surface area (Å²) in [5, 5.41) is 7.50. The Labute approximate surface area is 276 Å². The topological polar surface area (TPSA) is 54.1 Å². The van der Waals surface area contributed by atoms with E-state index < -0.39 is 0 Å². The third kappa shape index (κ3) is 5.34. The Kier molecular flexibility index (Phi) is 8.25. The lowest BCUT2D eigenvalue weighted by molar-refractivity contribution is 0.414. The van der Waals surface area contributed by atoms with Gasteiger partial charge in [0.15, 0.2) is 0 Å². The van der Waals surface area contributed by atoms with Crippen LogP contribution in [0.1, 0.15) is 50.2 Å². The minimum atomic E-state index is 0.747. The fourth-order valence-electron chi connectivity index (χ4n) is 6.87. The number of aromatic nitrogens is 4. The molecular weight excluding hydrogens is 580 g/mol. The Morgan fingerprint density at radius 2 is 1.36 bits per heavy atom. The van der Waals surface area contributed by atoms with Crippen molar-refractivity contribution in [3.8, 4) is 39.9 Å². The highest BCUT2D eigenvalue weighted by molar-refractivity contribution is 6.09. The number of ether oxygens (including phenoxy) is 2. The van der Waals surface area contributed by atoms with Gasteiger partial charge in [-0.2, -0.15) is 5.10 Å². The smallest absolute Gasteiger partial charge is 0.141 e. The molecule has 3 heterocycles. The number of hydrogen-bond donors (Lipinski definition) is 0. The van der Waals surface area contributed by atoms with E-state index >= 15 is 0 Å². The van der Waals surface area contributed by atoms with Crippen molar-refractivity contribution in [2.75, 3.05) is 7.11 Å². The van der Waals surface area contributed by atoms with Crippen molar-refractivity contribution in [3.63, 3.8) is 0 Å². The van der Waals surface area contributed by atoms with Gasteiger partial charge in [0.2, 0.25) is 0 Å². The fourth-order valence-corrected chi connectivity index (χ4v) is 6.87. The lowest BCUT2D eigenvalue weighted by atomic mass is 9.89. The molecule has 6 heteroatoms. The van der Waals surface area contributed by atoms with Crippen LogP contribution in [0, 0.1) is 0 Å². The number of fused-ring (bicyclic) bond motifs is 3. The number of hydrogen-bond acceptors (Lipinski definition) is 4. The Balaban J connectivity index is 1.31. The third-order valence-corrected chi connectivity index (χ3v) is 9.10. The summed E-state index contributed by atoms with van der Waals surface area (Å²) in [5.41, 5.74) is 10.8. The van der Waals surface area contributed by atoms with Crippen LogP contribution >= 0.6 is 0 Å². The molecule has 7 aromatic rings. The van der Waals surface area contributed by atoms with E-state index in [-0.39, 0.29) is 0 Å². The molecule has 0 unspecified atom stereocenters. The van der Waals surface area contributed by atoms with E-state index in [0.717, 1.165) is 81.9 Å². The van der Waals surface area contributed by atoms with Gasteiger partial charge in [-0.25, -0.2) is 9.67 Å². The predicted octanol–water partition coefficient (Wildman–Crippen LogP) is 10.1. The van der Waals surface area contributed by atoms with Gasteiger partial charge in [-0.05, 0) is 78.8 Å². The average molecular weight is 621 g/mol. The van der Waals surface area contributed by atoms with Gasteiger partial charge < -0.3 is 9.47 Å². The van der Waals surface area contributed by atoms with Gasteiger partial charge in [0, 0.05) is 40.7 Å². The van der Waals surface area contributed by atoms with Gasteiger partial charge in [0.05, 0.1) is 35.2 Å². The summed E-state index contributed by atoms with van der Waals surface area (Å²) in [6.45, 7) is 8.91. The van der Waals surface area contributed by atoms with E-state index in [1.807, 2.05) is 30.3 Å². The minimum Gasteiger partial charge on any atom is -0.497 e. The Hall–Kier alpha value is -5.36. The highest BCUT2D eigenvalue weighted by Gasteiger charge is 2.22. The molecular formula is C41H40N4O2. The number of benzene rings is 4. The van der Waals surface area contributed by atoms with Gasteiger partial charge in [-0.3, -0.25) is 4.57 Å². The van der Waals surface area contributed by atoms with Gasteiger partial charge in [-0.1, -0.05) is 70.2 Å². The summed E-state index contributed by atoms with van der Waals surface area (Å²) in [7, 11) is 1.67. The van der Waals surface area contributed by atoms with Crippen molar-refractivity contribution in [2.24, 2.45) is 0 Å². The van der Waals surface area contributed by atoms with E-state index in [0.29, 0.717) is 0 Å². The lowest BCUT2D eigenvalue weighted by Gasteiger charge is -2.16. The van der Waals surface area contributed by atoms with E-state index in [1.165, 1.54) is 27.9 Å². The van der Waals surface area contributed by atoms with E-state index in [2.05, 4.69) is 104 Å². The summed E-state index contributed by atoms with van der Waals surface area (Å²) < 4.78 is 16.4. The first-order chi connectivity index (χ1) is 23.1. The Bertz CT molecular complexity index is 2200. The van der Waals surface area contributed by atoms with Crippen LogP contribution in [0.15, 0.2) is 103 Å². The van der Waals surface area contributed by atoms with Gasteiger partial charge in [-0.15, -0.1) is 0 Å². The largest absolute Gasteiger partial charge is 0.497 e. The Morgan fingerprint density at radius 1 is 0.617 bits per heavy atom. The molecule has 0 bridgehead atoms. The van der Waals surface area contributed by atoms with Crippen molar-refractivity contribution in [3.05, 3.63) is 126 Å². The zero-order chi connectivity index (χ0) is 32.5. The summed E-state index contributed by atoms with van der Waals surface area (Å²) in [4.78, 5) is 4.70. The first kappa shape index (κ1) is 30.3. The van der Waals surface area contributed by atoms with Crippen LogP contribution in [0.3, 0.4) is 0 Å². The van der Waals surface area contributed by atoms with Crippen LogP contribution in [-0.4, -0.2) is 26.4 Å². The van der Waals surface area contributed by atoms with Crippen LogP contribution in [-0.2, 0) is 25.7 Å². The molecule has 0 saturated carbocycles. The number of para-hydroxylation sites is 1. The molecule has 0 saturated heterocycles. The molecule has 0 fully saturated rings. The normalized spacial score (nSPS) is 11.4. The molecule has 0 radical (unpaired) electrons. The van der Waals surface area contributed by atoms with Crippen molar-refractivity contribution in [1.29, 1.82) is 0 Å². The number of nitrogens with zero attached hydrogens (tertiary/aromatic N) is 4. The molecule has 6 nitrogen and oxygen atoms in total. The standard InChI is InChI=1S/C41H40N4O2/c1-6-27-14-12-15-28(7-2)40(27)41-35(8-3)43-45(36(41)9-4)29-16-13-17-31(24-29)47-32-20-21-34-33-18-10-11-19-37(33)44(38(34)25-32)39-26-30(46-5)22-23-42-39/h10-26H,6-9H2,1-5H3. The molecule has 7 rings (SSSR count). The van der Waals surface area contributed by atoms with Crippen LogP contribution in [0.2, 0.25) is 0 Å². The van der Waals surface area contributed by atoms with Crippen LogP contribution in [0.25, 0.3) is 44.4 Å². The van der Waals surface area contributed by atoms with Gasteiger partial charge >= 0.3 is 0 Å². The maximum Gasteiger partial charge on any atom is 0.141 e. The zero-order valence-electron chi connectivity index (χ0n) is 27.7. The van der Waals surface area contributed by atoms with Crippen molar-refractivity contribution < 1.29 is 9.47 Å². The number of methoxy groups -OCH3 is 1. The first-order valence-corrected chi connectivity index (χ1v) is 16.6. The van der Waals surface area contributed by atoms with E-state index in [1.54, 1.807) is 13.3 Å². The molecule has 0 aliphatic rings. The molecule has 3 aromatic heterocycles. The second-order valence-corrected chi connectivity index (χ2v) is 11.7. The predicted molar refractivity (Wildman–Crippen MR) is 192 cm³/mol. The molecule has 4 aromatic carbocycles. The molecule has 236 valence electrons. The fraction of sp³-hybridized carbons (Fsp3) is 0.220. The first-order valence-electron chi connectivity index (χ1n) is 16.6. The SMILES string of the molecule is CCc1cccc(CC)c1-c1c(CC)nn(-c2cccc(Oc3ccc4c5ccccc5n(-c5cc(OC)ccn5)c4c3)c2)c1CC. The van der Waals surface area contributed by atoms with E-state index in [9.17, 15) is 0 Å². The summed E-state index contributed by atoms with van der Waals surface area (Å²) in [6.07, 6.45) is 5.49. The highest BCUT2D eigenvalue weighted by atomic mass is 16.5. The molecule has 0 amide bonds. The van der Waals surface area contributed by atoms with Crippen molar-refractivity contribution in [1.82, 2.24) is 19.3 Å². The summed E-state index contributed by atoms with van der Waals surface area (Å²) in [5.74, 6) is 3.05. The van der Waals surface area contributed by atoms with Gasteiger partial charge in [0.25, 0.3) is 0 Å². The van der Waals surface area contributed by atoms with E-state index in [4.69, 9.17) is 19.6 Å². The summed E-state index contributed by atoms with van der Waals surface area (Å²) in [6, 6.07) is 33.4. The lowest BCUT2D eigenvalue weighted by Crippen LogP contribution is -2.03. The van der Waals surface area contributed by atoms with Crippen LogP contribution in [0.4, 0.5) is 0 Å². The van der Waals surface area contributed by atoms with Gasteiger partial charge in [0.1, 0.15) is 23.1 Å². The number of pyridine rings is 1. The third-order valence-electron chi connectivity index (χ3n) is 9.10. The minimum absolute atomic E-state index is 0.747. The summed E-state index contributed by atoms with van der Waals surface area (Å²) >= 11 is 0. The number of rotatable bonds is 10. The zero-order valence-corrected chi connectivity index (χ0v) is 27.7. The van der Waals surface area contributed by atoms with Crippen molar-refractivity contribution in [2.45, 2.75) is 53.4 Å².